The fourth-order valence-corrected chi connectivity index (χ4v) is 3.04. The van der Waals surface area contributed by atoms with Crippen molar-refractivity contribution < 1.29 is 13.2 Å². The molecule has 2 N–H and O–H groups in total. The Bertz CT molecular complexity index is 1030. The number of allylic oxidation sites excluding steroid dienone is 1. The molecule has 1 aromatic carbocycles. The molecule has 1 unspecified atom stereocenters. The first-order chi connectivity index (χ1) is 12.8. The van der Waals surface area contributed by atoms with Gasteiger partial charge in [-0.25, -0.2) is 0 Å². The van der Waals surface area contributed by atoms with E-state index in [9.17, 15) is 18.0 Å². The van der Waals surface area contributed by atoms with E-state index in [1.807, 2.05) is 6.26 Å². The first-order valence-electron chi connectivity index (χ1n) is 7.71. The van der Waals surface area contributed by atoms with Crippen molar-refractivity contribution in [3.8, 4) is 17.3 Å². The zero-order chi connectivity index (χ0) is 19.6. The Kier molecular flexibility index (Phi) is 5.10. The number of rotatable bonds is 3. The highest BCUT2D eigenvalue weighted by atomic mass is 32.2. The van der Waals surface area contributed by atoms with E-state index in [-0.39, 0.29) is 22.3 Å². The van der Waals surface area contributed by atoms with Crippen LogP contribution >= 0.6 is 11.8 Å². The van der Waals surface area contributed by atoms with Crippen LogP contribution in [-0.4, -0.2) is 23.0 Å². The molecule has 2 aromatic rings. The van der Waals surface area contributed by atoms with Gasteiger partial charge < -0.3 is 10.3 Å². The minimum atomic E-state index is -4.51. The lowest BCUT2D eigenvalue weighted by Gasteiger charge is -2.21. The summed E-state index contributed by atoms with van der Waals surface area (Å²) in [7, 11) is 0. The van der Waals surface area contributed by atoms with E-state index in [2.05, 4.69) is 15.3 Å². The fourth-order valence-electron chi connectivity index (χ4n) is 2.61. The molecule has 0 saturated carbocycles. The number of hydrogen-bond donors (Lipinski definition) is 2. The van der Waals surface area contributed by atoms with Crippen molar-refractivity contribution in [1.82, 2.24) is 10.3 Å². The smallest absolute Gasteiger partial charge is 0.355 e. The van der Waals surface area contributed by atoms with Gasteiger partial charge in [0.2, 0.25) is 0 Å². The van der Waals surface area contributed by atoms with Gasteiger partial charge in [0.1, 0.15) is 11.6 Å². The standard InChI is InChI=1S/C18H13F3N4OS/c1-27-17-23-6-5-14(24-17)13-8-11(9-22)16(26)25-15(13)10-3-2-4-12(7-10)18(19,20)21/h2-8,17,24H,1H3,(H,25,26). The summed E-state index contributed by atoms with van der Waals surface area (Å²) in [5, 5.41) is 12.3. The normalized spacial score (nSPS) is 16.4. The van der Waals surface area contributed by atoms with Gasteiger partial charge in [-0.2, -0.15) is 18.4 Å². The highest BCUT2D eigenvalue weighted by Gasteiger charge is 2.31. The molecule has 1 aliphatic rings. The summed E-state index contributed by atoms with van der Waals surface area (Å²) >= 11 is 1.43. The first-order valence-corrected chi connectivity index (χ1v) is 9.00. The lowest BCUT2D eigenvalue weighted by Crippen LogP contribution is -2.26. The number of nitrogens with zero attached hydrogens (tertiary/aromatic N) is 2. The second kappa shape index (κ2) is 7.32. The van der Waals surface area contributed by atoms with Crippen LogP contribution < -0.4 is 10.9 Å². The second-order valence-electron chi connectivity index (χ2n) is 5.60. The number of aromatic nitrogens is 1. The molecule has 0 fully saturated rings. The van der Waals surface area contributed by atoms with Crippen molar-refractivity contribution in [3.05, 3.63) is 63.5 Å². The van der Waals surface area contributed by atoms with Crippen molar-refractivity contribution in [2.75, 3.05) is 6.26 Å². The van der Waals surface area contributed by atoms with Crippen LogP contribution in [-0.2, 0) is 6.18 Å². The van der Waals surface area contributed by atoms with E-state index in [1.165, 1.54) is 30.0 Å². The maximum absolute atomic E-state index is 13.1. The Balaban J connectivity index is 2.20. The molecule has 0 amide bonds. The largest absolute Gasteiger partial charge is 0.416 e. The molecule has 138 valence electrons. The zero-order valence-electron chi connectivity index (χ0n) is 14.0. The zero-order valence-corrected chi connectivity index (χ0v) is 14.8. The Morgan fingerprint density at radius 1 is 1.30 bits per heavy atom. The van der Waals surface area contributed by atoms with Crippen LogP contribution in [0.2, 0.25) is 0 Å². The highest BCUT2D eigenvalue weighted by Crippen LogP contribution is 2.33. The van der Waals surface area contributed by atoms with Crippen molar-refractivity contribution in [2.24, 2.45) is 4.99 Å². The predicted octanol–water partition coefficient (Wildman–Crippen LogP) is 3.59. The van der Waals surface area contributed by atoms with E-state index >= 15 is 0 Å². The Morgan fingerprint density at radius 3 is 2.74 bits per heavy atom. The topological polar surface area (TPSA) is 81.0 Å². The Morgan fingerprint density at radius 2 is 2.07 bits per heavy atom. The molecule has 0 aliphatic carbocycles. The van der Waals surface area contributed by atoms with Gasteiger partial charge in [-0.1, -0.05) is 12.1 Å². The maximum Gasteiger partial charge on any atom is 0.416 e. The molecule has 9 heteroatoms. The number of thioether (sulfide) groups is 1. The number of alkyl halides is 3. The molecule has 1 aromatic heterocycles. The maximum atomic E-state index is 13.1. The van der Waals surface area contributed by atoms with Crippen molar-refractivity contribution in [2.45, 2.75) is 11.7 Å². The van der Waals surface area contributed by atoms with E-state index in [0.29, 0.717) is 11.3 Å². The molecule has 1 aliphatic heterocycles. The lowest BCUT2D eigenvalue weighted by atomic mass is 9.99. The fraction of sp³-hybridized carbons (Fsp3) is 0.167. The third kappa shape index (κ3) is 3.90. The summed E-state index contributed by atoms with van der Waals surface area (Å²) in [6.07, 6.45) is 0.542. The van der Waals surface area contributed by atoms with Crippen molar-refractivity contribution in [3.63, 3.8) is 0 Å². The predicted molar refractivity (Wildman–Crippen MR) is 99.1 cm³/mol. The van der Waals surface area contributed by atoms with E-state index in [0.717, 1.165) is 12.1 Å². The Hall–Kier alpha value is -2.99. The number of halogens is 3. The number of nitriles is 1. The van der Waals surface area contributed by atoms with E-state index in [1.54, 1.807) is 18.4 Å². The van der Waals surface area contributed by atoms with Crippen molar-refractivity contribution >= 4 is 23.7 Å². The summed E-state index contributed by atoms with van der Waals surface area (Å²) < 4.78 is 39.2. The third-order valence-electron chi connectivity index (χ3n) is 3.90. The van der Waals surface area contributed by atoms with Crippen molar-refractivity contribution in [1.29, 1.82) is 5.26 Å². The van der Waals surface area contributed by atoms with E-state index in [4.69, 9.17) is 5.26 Å². The molecular weight excluding hydrogens is 377 g/mol. The molecular formula is C18H13F3N4OS. The van der Waals surface area contributed by atoms with Crippen LogP contribution in [0.25, 0.3) is 17.0 Å². The molecule has 0 bridgehead atoms. The number of aliphatic imine (C=N–C) groups is 1. The van der Waals surface area contributed by atoms with Gasteiger partial charge >= 0.3 is 6.18 Å². The summed E-state index contributed by atoms with van der Waals surface area (Å²) in [5.74, 6) is 0. The van der Waals surface area contributed by atoms with Crippen LogP contribution in [0.15, 0.2) is 46.2 Å². The third-order valence-corrected chi connectivity index (χ3v) is 4.58. The SMILES string of the molecule is CSC1N=CC=C(c2cc(C#N)c(=O)[nH]c2-c2cccc(C(F)(F)F)c2)N1. The number of pyridine rings is 1. The van der Waals surface area contributed by atoms with Gasteiger partial charge in [0.15, 0.2) is 5.50 Å². The quantitative estimate of drug-likeness (QED) is 0.839. The first kappa shape index (κ1) is 18.8. The monoisotopic (exact) mass is 390 g/mol. The molecule has 5 nitrogen and oxygen atoms in total. The minimum Gasteiger partial charge on any atom is -0.355 e. The molecule has 2 heterocycles. The average Bonchev–Trinajstić information content (AvgIpc) is 2.67. The van der Waals surface area contributed by atoms with Gasteiger partial charge in [0.05, 0.1) is 11.3 Å². The number of benzene rings is 1. The average molecular weight is 390 g/mol. The number of aromatic amines is 1. The van der Waals surface area contributed by atoms with Gasteiger partial charge in [-0.15, -0.1) is 11.8 Å². The summed E-state index contributed by atoms with van der Waals surface area (Å²) in [6.45, 7) is 0. The van der Waals surface area contributed by atoms with Gasteiger partial charge in [-0.3, -0.25) is 9.79 Å². The number of H-pyrrole nitrogens is 1. The molecule has 27 heavy (non-hydrogen) atoms. The summed E-state index contributed by atoms with van der Waals surface area (Å²) in [5.41, 5.74) is -0.569. The van der Waals surface area contributed by atoms with Crippen LogP contribution in [0, 0.1) is 11.3 Å². The van der Waals surface area contributed by atoms with Gasteiger partial charge in [0, 0.05) is 17.5 Å². The minimum absolute atomic E-state index is 0.133. The molecule has 0 radical (unpaired) electrons. The van der Waals surface area contributed by atoms with E-state index < -0.39 is 17.3 Å². The molecule has 3 rings (SSSR count). The molecule has 0 saturated heterocycles. The number of nitrogens with one attached hydrogen (secondary N) is 2. The second-order valence-corrected chi connectivity index (χ2v) is 6.52. The highest BCUT2D eigenvalue weighted by molar-refractivity contribution is 7.99. The lowest BCUT2D eigenvalue weighted by molar-refractivity contribution is -0.137. The van der Waals surface area contributed by atoms with Crippen LogP contribution in [0.5, 0.6) is 0 Å². The molecule has 1 atom stereocenters. The van der Waals surface area contributed by atoms with Gasteiger partial charge in [-0.05, 0) is 36.1 Å². The van der Waals surface area contributed by atoms with Gasteiger partial charge in [0.25, 0.3) is 5.56 Å². The number of hydrogen-bond acceptors (Lipinski definition) is 5. The summed E-state index contributed by atoms with van der Waals surface area (Å²) in [6, 6.07) is 7.82. The van der Waals surface area contributed by atoms with Crippen LogP contribution in [0.3, 0.4) is 0 Å². The Labute approximate surface area is 156 Å². The summed E-state index contributed by atoms with van der Waals surface area (Å²) in [4.78, 5) is 18.9. The molecule has 0 spiro atoms. The van der Waals surface area contributed by atoms with Crippen LogP contribution in [0.1, 0.15) is 16.7 Å². The van der Waals surface area contributed by atoms with Crippen LogP contribution in [0.4, 0.5) is 13.2 Å².